The number of hydrogen-bond donors (Lipinski definition) is 1. The number of piperidine rings is 1. The molecule has 0 bridgehead atoms. The Kier molecular flexibility index (Phi) is 6.47. The van der Waals surface area contributed by atoms with Crippen molar-refractivity contribution in [2.45, 2.75) is 19.4 Å². The van der Waals surface area contributed by atoms with Crippen LogP contribution in [0.1, 0.15) is 18.4 Å². The molecule has 3 rings (SSSR count). The lowest BCUT2D eigenvalue weighted by molar-refractivity contribution is 0.154. The number of aromatic nitrogens is 1. The Hall–Kier alpha value is -2.11. The molecule has 2 aromatic rings. The van der Waals surface area contributed by atoms with Gasteiger partial charge in [-0.15, -0.1) is 0 Å². The molecule has 138 valence electrons. The van der Waals surface area contributed by atoms with Crippen LogP contribution in [0.2, 0.25) is 5.02 Å². The van der Waals surface area contributed by atoms with Crippen LogP contribution < -0.4 is 5.32 Å². The van der Waals surface area contributed by atoms with E-state index < -0.39 is 0 Å². The molecule has 6 heteroatoms. The van der Waals surface area contributed by atoms with Crippen LogP contribution in [-0.4, -0.2) is 47.5 Å². The first-order valence-electron chi connectivity index (χ1n) is 8.99. The number of nitrogens with zero attached hydrogens (tertiary/aromatic N) is 3. The van der Waals surface area contributed by atoms with Gasteiger partial charge in [-0.3, -0.25) is 4.98 Å². The topological polar surface area (TPSA) is 48.5 Å². The number of hydrogen-bond acceptors (Lipinski definition) is 3. The smallest absolute Gasteiger partial charge is 0.321 e. The molecular weight excluding hydrogens is 348 g/mol. The molecule has 0 unspecified atom stereocenters. The highest BCUT2D eigenvalue weighted by Crippen LogP contribution is 2.20. The number of nitrogens with one attached hydrogen (secondary N) is 1. The third-order valence-corrected chi connectivity index (χ3v) is 4.90. The molecule has 5 nitrogen and oxygen atoms in total. The number of carbonyl (C=O) groups is 1. The molecule has 1 saturated heterocycles. The van der Waals surface area contributed by atoms with E-state index in [9.17, 15) is 4.79 Å². The van der Waals surface area contributed by atoms with Gasteiger partial charge in [0.2, 0.25) is 0 Å². The number of urea groups is 1. The van der Waals surface area contributed by atoms with Gasteiger partial charge < -0.3 is 15.1 Å². The van der Waals surface area contributed by atoms with E-state index in [1.165, 1.54) is 5.56 Å². The third kappa shape index (κ3) is 5.44. The molecule has 26 heavy (non-hydrogen) atoms. The highest BCUT2D eigenvalue weighted by molar-refractivity contribution is 6.30. The second-order valence-corrected chi connectivity index (χ2v) is 7.39. The SMILES string of the molecule is CN(Cc1cccnc1)C[C@@H]1CCCN(C(=O)Nc2ccc(Cl)cc2)C1. The lowest BCUT2D eigenvalue weighted by Crippen LogP contribution is -2.44. The molecule has 1 aromatic heterocycles. The van der Waals surface area contributed by atoms with Gasteiger partial charge in [0.05, 0.1) is 0 Å². The second-order valence-electron chi connectivity index (χ2n) is 6.95. The lowest BCUT2D eigenvalue weighted by Gasteiger charge is -2.34. The van der Waals surface area contributed by atoms with E-state index in [1.54, 1.807) is 18.3 Å². The summed E-state index contributed by atoms with van der Waals surface area (Å²) in [5, 5.41) is 3.62. The predicted octanol–water partition coefficient (Wildman–Crippen LogP) is 4.11. The molecule has 0 radical (unpaired) electrons. The summed E-state index contributed by atoms with van der Waals surface area (Å²) in [6, 6.07) is 11.2. The normalized spacial score (nSPS) is 17.3. The molecule has 1 fully saturated rings. The van der Waals surface area contributed by atoms with E-state index in [2.05, 4.69) is 28.3 Å². The quantitative estimate of drug-likeness (QED) is 0.859. The average Bonchev–Trinajstić information content (AvgIpc) is 2.64. The third-order valence-electron chi connectivity index (χ3n) is 4.65. The summed E-state index contributed by atoms with van der Waals surface area (Å²) in [4.78, 5) is 20.9. The standard InChI is InChI=1S/C20H25ClN4O/c1-24(13-16-4-2-10-22-12-16)14-17-5-3-11-25(15-17)20(26)23-19-8-6-18(21)7-9-19/h2,4,6-10,12,17H,3,5,11,13-15H2,1H3,(H,23,26)/t17-/m0/s1. The van der Waals surface area contributed by atoms with E-state index >= 15 is 0 Å². The fraction of sp³-hybridized carbons (Fsp3) is 0.400. The van der Waals surface area contributed by atoms with Crippen molar-refractivity contribution in [3.05, 3.63) is 59.4 Å². The van der Waals surface area contributed by atoms with Gasteiger partial charge in [-0.05, 0) is 61.7 Å². The summed E-state index contributed by atoms with van der Waals surface area (Å²) >= 11 is 5.89. The van der Waals surface area contributed by atoms with Crippen LogP contribution in [0.25, 0.3) is 0 Å². The zero-order chi connectivity index (χ0) is 18.4. The van der Waals surface area contributed by atoms with Crippen LogP contribution in [0.5, 0.6) is 0 Å². The van der Waals surface area contributed by atoms with Crippen LogP contribution in [0.15, 0.2) is 48.8 Å². The Bertz CT molecular complexity index is 708. The molecule has 1 N–H and O–H groups in total. The van der Waals surface area contributed by atoms with Crippen molar-refractivity contribution in [2.75, 3.05) is 32.0 Å². The fourth-order valence-electron chi connectivity index (χ4n) is 3.44. The minimum Gasteiger partial charge on any atom is -0.324 e. The first kappa shape index (κ1) is 18.7. The Morgan fingerprint density at radius 1 is 1.35 bits per heavy atom. The number of likely N-dealkylation sites (tertiary alicyclic amines) is 1. The van der Waals surface area contributed by atoms with Crippen molar-refractivity contribution in [1.82, 2.24) is 14.8 Å². The molecule has 1 aromatic carbocycles. The van der Waals surface area contributed by atoms with Crippen LogP contribution in [0.4, 0.5) is 10.5 Å². The molecule has 1 atom stereocenters. The summed E-state index contributed by atoms with van der Waals surface area (Å²) in [5.41, 5.74) is 1.98. The molecule has 0 aliphatic carbocycles. The van der Waals surface area contributed by atoms with Gasteiger partial charge in [-0.2, -0.15) is 0 Å². The summed E-state index contributed by atoms with van der Waals surface area (Å²) in [6.07, 6.45) is 5.90. The van der Waals surface area contributed by atoms with E-state index in [0.717, 1.165) is 44.7 Å². The highest BCUT2D eigenvalue weighted by atomic mass is 35.5. The fourth-order valence-corrected chi connectivity index (χ4v) is 3.57. The first-order chi connectivity index (χ1) is 12.6. The van der Waals surface area contributed by atoms with E-state index in [4.69, 9.17) is 11.6 Å². The molecular formula is C20H25ClN4O. The van der Waals surface area contributed by atoms with Gasteiger partial charge in [-0.25, -0.2) is 4.79 Å². The molecule has 2 amide bonds. The van der Waals surface area contributed by atoms with Gasteiger partial charge >= 0.3 is 6.03 Å². The number of carbonyl (C=O) groups excluding carboxylic acids is 1. The largest absolute Gasteiger partial charge is 0.324 e. The number of halogens is 1. The molecule has 1 aliphatic rings. The maximum Gasteiger partial charge on any atom is 0.321 e. The number of benzene rings is 1. The summed E-state index contributed by atoms with van der Waals surface area (Å²) in [6.45, 7) is 3.44. The zero-order valence-corrected chi connectivity index (χ0v) is 15.8. The minimum atomic E-state index is -0.0352. The van der Waals surface area contributed by atoms with E-state index in [0.29, 0.717) is 10.9 Å². The number of pyridine rings is 1. The Morgan fingerprint density at radius 2 is 2.15 bits per heavy atom. The monoisotopic (exact) mass is 372 g/mol. The van der Waals surface area contributed by atoms with Crippen LogP contribution >= 0.6 is 11.6 Å². The Labute approximate surface area is 160 Å². The molecule has 0 spiro atoms. The lowest BCUT2D eigenvalue weighted by atomic mass is 9.97. The van der Waals surface area contributed by atoms with Crippen LogP contribution in [0, 0.1) is 5.92 Å². The molecule has 1 aliphatic heterocycles. The Morgan fingerprint density at radius 3 is 2.88 bits per heavy atom. The maximum atomic E-state index is 12.5. The number of amides is 2. The van der Waals surface area contributed by atoms with E-state index in [1.807, 2.05) is 29.3 Å². The van der Waals surface area contributed by atoms with Gasteiger partial charge in [0, 0.05) is 49.3 Å². The zero-order valence-electron chi connectivity index (χ0n) is 15.1. The summed E-state index contributed by atoms with van der Waals surface area (Å²) < 4.78 is 0. The highest BCUT2D eigenvalue weighted by Gasteiger charge is 2.24. The van der Waals surface area contributed by atoms with Crippen molar-refractivity contribution in [2.24, 2.45) is 5.92 Å². The molecule has 2 heterocycles. The average molecular weight is 373 g/mol. The van der Waals surface area contributed by atoms with Crippen molar-refractivity contribution in [1.29, 1.82) is 0 Å². The number of rotatable bonds is 5. The number of anilines is 1. The van der Waals surface area contributed by atoms with Gasteiger partial charge in [0.15, 0.2) is 0 Å². The minimum absolute atomic E-state index is 0.0352. The van der Waals surface area contributed by atoms with Gasteiger partial charge in [0.1, 0.15) is 0 Å². The Balaban J connectivity index is 1.50. The second kappa shape index (κ2) is 9.01. The summed E-state index contributed by atoms with van der Waals surface area (Å²) in [5.74, 6) is 0.487. The van der Waals surface area contributed by atoms with Crippen molar-refractivity contribution in [3.8, 4) is 0 Å². The van der Waals surface area contributed by atoms with Crippen molar-refractivity contribution >= 4 is 23.3 Å². The van der Waals surface area contributed by atoms with Crippen molar-refractivity contribution < 1.29 is 4.79 Å². The van der Waals surface area contributed by atoms with Crippen LogP contribution in [-0.2, 0) is 6.54 Å². The van der Waals surface area contributed by atoms with E-state index in [-0.39, 0.29) is 6.03 Å². The maximum absolute atomic E-state index is 12.5. The summed E-state index contributed by atoms with van der Waals surface area (Å²) in [7, 11) is 2.12. The van der Waals surface area contributed by atoms with Gasteiger partial charge in [0.25, 0.3) is 0 Å². The molecule has 0 saturated carbocycles. The van der Waals surface area contributed by atoms with Crippen LogP contribution in [0.3, 0.4) is 0 Å². The van der Waals surface area contributed by atoms with Gasteiger partial charge in [-0.1, -0.05) is 17.7 Å². The van der Waals surface area contributed by atoms with Crippen molar-refractivity contribution in [3.63, 3.8) is 0 Å². The predicted molar refractivity (Wildman–Crippen MR) is 105 cm³/mol. The first-order valence-corrected chi connectivity index (χ1v) is 9.37.